The predicted molar refractivity (Wildman–Crippen MR) is 130 cm³/mol. The molecule has 1 saturated heterocycles. The molecule has 1 aromatic heterocycles. The Morgan fingerprint density at radius 3 is 2.65 bits per heavy atom. The minimum absolute atomic E-state index is 0.0456. The molecule has 2 atom stereocenters. The van der Waals surface area contributed by atoms with Crippen LogP contribution in [0, 0.1) is 5.92 Å². The Bertz CT molecular complexity index is 765. The van der Waals surface area contributed by atoms with Crippen molar-refractivity contribution in [2.45, 2.75) is 83.1 Å². The van der Waals surface area contributed by atoms with Gasteiger partial charge in [-0.25, -0.2) is 0 Å². The lowest BCUT2D eigenvalue weighted by Gasteiger charge is -2.46. The molecular formula is C24H40N2O3S2. The van der Waals surface area contributed by atoms with Crippen LogP contribution in [0.3, 0.4) is 0 Å². The van der Waals surface area contributed by atoms with E-state index in [-0.39, 0.29) is 17.6 Å². The molecule has 1 N–H and O–H groups in total. The number of carbonyl (C=O) groups excluding carboxylic acids is 1. The van der Waals surface area contributed by atoms with Crippen LogP contribution in [0.1, 0.15) is 68.7 Å². The van der Waals surface area contributed by atoms with Gasteiger partial charge in [0.2, 0.25) is 5.91 Å². The summed E-state index contributed by atoms with van der Waals surface area (Å²) in [4.78, 5) is 17.7. The van der Waals surface area contributed by atoms with Crippen molar-refractivity contribution in [1.29, 1.82) is 0 Å². The zero-order valence-corrected chi connectivity index (χ0v) is 21.5. The zero-order valence-electron chi connectivity index (χ0n) is 19.9. The monoisotopic (exact) mass is 468 g/mol. The molecule has 1 spiro atoms. The Morgan fingerprint density at radius 2 is 2.03 bits per heavy atom. The molecule has 1 aliphatic carbocycles. The SMILES string of the molecule is CC.CCc1cc2c(s1)CCOC21CCN(CC2CC(NC(=O)C(C)S(C)=O)C2)CC1. The van der Waals surface area contributed by atoms with Crippen molar-refractivity contribution in [2.24, 2.45) is 5.92 Å². The highest BCUT2D eigenvalue weighted by Crippen LogP contribution is 2.45. The number of hydrogen-bond donors (Lipinski definition) is 1. The smallest absolute Gasteiger partial charge is 0.235 e. The Morgan fingerprint density at radius 1 is 1.35 bits per heavy atom. The highest BCUT2D eigenvalue weighted by molar-refractivity contribution is 7.85. The maximum Gasteiger partial charge on any atom is 0.235 e. The number of likely N-dealkylation sites (tertiary alicyclic amines) is 1. The van der Waals surface area contributed by atoms with Crippen LogP contribution in [0.15, 0.2) is 6.07 Å². The Kier molecular flexibility index (Phi) is 8.75. The summed E-state index contributed by atoms with van der Waals surface area (Å²) < 4.78 is 17.9. The van der Waals surface area contributed by atoms with E-state index in [1.165, 1.54) is 10.4 Å². The van der Waals surface area contributed by atoms with Crippen LogP contribution in [0.2, 0.25) is 0 Å². The van der Waals surface area contributed by atoms with Crippen LogP contribution in [-0.2, 0) is 38.8 Å². The molecule has 3 aliphatic rings. The maximum absolute atomic E-state index is 12.1. The molecule has 7 heteroatoms. The summed E-state index contributed by atoms with van der Waals surface area (Å²) in [5, 5.41) is 2.64. The fraction of sp³-hybridized carbons (Fsp3) is 0.792. The topological polar surface area (TPSA) is 58.6 Å². The third kappa shape index (κ3) is 5.60. The van der Waals surface area contributed by atoms with Crippen molar-refractivity contribution in [1.82, 2.24) is 10.2 Å². The van der Waals surface area contributed by atoms with E-state index in [4.69, 9.17) is 4.74 Å². The van der Waals surface area contributed by atoms with Gasteiger partial charge in [-0.3, -0.25) is 9.00 Å². The fourth-order valence-electron chi connectivity index (χ4n) is 4.99. The molecular weight excluding hydrogens is 428 g/mol. The van der Waals surface area contributed by atoms with Crippen molar-refractivity contribution < 1.29 is 13.7 Å². The molecule has 0 aromatic carbocycles. The summed E-state index contributed by atoms with van der Waals surface area (Å²) in [5.41, 5.74) is 1.44. The van der Waals surface area contributed by atoms with Gasteiger partial charge in [0.1, 0.15) is 5.25 Å². The predicted octanol–water partition coefficient (Wildman–Crippen LogP) is 3.86. The van der Waals surface area contributed by atoms with E-state index in [1.54, 1.807) is 18.1 Å². The quantitative estimate of drug-likeness (QED) is 0.689. The van der Waals surface area contributed by atoms with Gasteiger partial charge in [0.05, 0.1) is 12.2 Å². The molecule has 1 saturated carbocycles. The first-order valence-electron chi connectivity index (χ1n) is 12.0. The lowest BCUT2D eigenvalue weighted by Crippen LogP contribution is -2.52. The van der Waals surface area contributed by atoms with Gasteiger partial charge in [-0.05, 0) is 56.6 Å². The number of piperidine rings is 1. The van der Waals surface area contributed by atoms with Crippen LogP contribution in [0.25, 0.3) is 0 Å². The second kappa shape index (κ2) is 10.9. The Balaban J connectivity index is 0.00000132. The second-order valence-electron chi connectivity index (χ2n) is 8.98. The average molecular weight is 469 g/mol. The number of thiophene rings is 1. The first-order valence-corrected chi connectivity index (χ1v) is 14.4. The molecule has 176 valence electrons. The van der Waals surface area contributed by atoms with Gasteiger partial charge < -0.3 is 15.0 Å². The lowest BCUT2D eigenvalue weighted by molar-refractivity contribution is -0.122. The van der Waals surface area contributed by atoms with Crippen LogP contribution >= 0.6 is 11.3 Å². The van der Waals surface area contributed by atoms with Crippen molar-refractivity contribution in [2.75, 3.05) is 32.5 Å². The summed E-state index contributed by atoms with van der Waals surface area (Å²) in [6, 6.07) is 2.68. The third-order valence-electron chi connectivity index (χ3n) is 7.04. The minimum atomic E-state index is -1.10. The number of rotatable bonds is 6. The molecule has 5 nitrogen and oxygen atoms in total. The number of carbonyl (C=O) groups is 1. The van der Waals surface area contributed by atoms with Gasteiger partial charge in [-0.15, -0.1) is 11.3 Å². The highest BCUT2D eigenvalue weighted by atomic mass is 32.2. The summed E-state index contributed by atoms with van der Waals surface area (Å²) in [6.45, 7) is 12.1. The molecule has 2 aliphatic heterocycles. The molecule has 2 fully saturated rings. The fourth-order valence-corrected chi connectivity index (χ4v) is 6.54. The second-order valence-corrected chi connectivity index (χ2v) is 11.9. The molecule has 0 bridgehead atoms. The number of aryl methyl sites for hydroxylation is 1. The van der Waals surface area contributed by atoms with Gasteiger partial charge in [0.25, 0.3) is 0 Å². The molecule has 2 unspecified atom stereocenters. The normalized spacial score (nSPS) is 26.7. The van der Waals surface area contributed by atoms with E-state index >= 15 is 0 Å². The van der Waals surface area contributed by atoms with Crippen molar-refractivity contribution >= 4 is 28.0 Å². The number of ether oxygens (including phenoxy) is 1. The first kappa shape index (κ1) is 24.9. The highest BCUT2D eigenvalue weighted by Gasteiger charge is 2.42. The number of nitrogens with zero attached hydrogens (tertiary/aromatic N) is 1. The van der Waals surface area contributed by atoms with Crippen molar-refractivity contribution in [3.63, 3.8) is 0 Å². The standard InChI is InChI=1S/C22H34N2O3S2.C2H6/c1-4-18-13-19-20(28-18)5-10-27-22(19)6-8-24(9-7-22)14-16-11-17(12-16)23-21(25)15(2)29(3)26;1-2/h13,15-17H,4-12,14H2,1-3H3,(H,23,25);1-2H3. The van der Waals surface area contributed by atoms with E-state index in [0.29, 0.717) is 5.92 Å². The van der Waals surface area contributed by atoms with E-state index in [9.17, 15) is 9.00 Å². The number of hydrogen-bond acceptors (Lipinski definition) is 5. The van der Waals surface area contributed by atoms with E-state index in [0.717, 1.165) is 64.8 Å². The zero-order chi connectivity index (χ0) is 22.6. The van der Waals surface area contributed by atoms with Gasteiger partial charge >= 0.3 is 0 Å². The van der Waals surface area contributed by atoms with Crippen LogP contribution in [-0.4, -0.2) is 58.8 Å². The molecule has 31 heavy (non-hydrogen) atoms. The Labute approximate surface area is 194 Å². The minimum Gasteiger partial charge on any atom is -0.370 e. The average Bonchev–Trinajstić information content (AvgIpc) is 3.19. The summed E-state index contributed by atoms with van der Waals surface area (Å²) in [6.07, 6.45) is 8.05. The molecule has 0 radical (unpaired) electrons. The van der Waals surface area contributed by atoms with Gasteiger partial charge in [-0.2, -0.15) is 0 Å². The lowest BCUT2D eigenvalue weighted by atomic mass is 9.78. The molecule has 1 aromatic rings. The summed E-state index contributed by atoms with van der Waals surface area (Å²) in [7, 11) is -1.10. The molecule has 4 rings (SSSR count). The van der Waals surface area contributed by atoms with Crippen LogP contribution < -0.4 is 5.32 Å². The summed E-state index contributed by atoms with van der Waals surface area (Å²) in [5.74, 6) is 0.592. The number of fused-ring (bicyclic) bond motifs is 2. The van der Waals surface area contributed by atoms with E-state index in [1.807, 2.05) is 25.2 Å². The van der Waals surface area contributed by atoms with Gasteiger partial charge in [0.15, 0.2) is 0 Å². The Hall–Kier alpha value is -0.760. The molecule has 1 amide bonds. The van der Waals surface area contributed by atoms with Crippen molar-refractivity contribution in [3.8, 4) is 0 Å². The number of nitrogens with one attached hydrogen (secondary N) is 1. The van der Waals surface area contributed by atoms with E-state index < -0.39 is 16.0 Å². The largest absolute Gasteiger partial charge is 0.370 e. The number of amides is 1. The van der Waals surface area contributed by atoms with E-state index in [2.05, 4.69) is 23.2 Å². The van der Waals surface area contributed by atoms with Crippen LogP contribution in [0.5, 0.6) is 0 Å². The first-order chi connectivity index (χ1) is 14.9. The molecule has 3 heterocycles. The summed E-state index contributed by atoms with van der Waals surface area (Å²) >= 11 is 1.99. The van der Waals surface area contributed by atoms with Gasteiger partial charge in [-0.1, -0.05) is 20.8 Å². The maximum atomic E-state index is 12.1. The third-order valence-corrected chi connectivity index (χ3v) is 9.59. The van der Waals surface area contributed by atoms with Crippen molar-refractivity contribution in [3.05, 3.63) is 21.4 Å². The van der Waals surface area contributed by atoms with Crippen LogP contribution in [0.4, 0.5) is 0 Å². The van der Waals surface area contributed by atoms with Gasteiger partial charge in [0, 0.05) is 58.9 Å².